The lowest BCUT2D eigenvalue weighted by molar-refractivity contribution is 0.202. The fourth-order valence-electron chi connectivity index (χ4n) is 3.40. The molecular weight excluding hydrogens is 367 g/mol. The van der Waals surface area contributed by atoms with Crippen molar-refractivity contribution in [3.63, 3.8) is 0 Å². The first kappa shape index (κ1) is 19.5. The summed E-state index contributed by atoms with van der Waals surface area (Å²) in [6.07, 6.45) is 0.305. The van der Waals surface area contributed by atoms with Crippen LogP contribution in [0.15, 0.2) is 46.0 Å². The van der Waals surface area contributed by atoms with E-state index in [1.54, 1.807) is 26.8 Å². The van der Waals surface area contributed by atoms with Crippen LogP contribution in [0.25, 0.3) is 21.8 Å². The first-order chi connectivity index (χ1) is 13.0. The highest BCUT2D eigenvalue weighted by Gasteiger charge is 2.37. The maximum atomic E-state index is 13.5. The van der Waals surface area contributed by atoms with Crippen molar-refractivity contribution in [2.75, 3.05) is 13.2 Å². The van der Waals surface area contributed by atoms with Gasteiger partial charge in [0.15, 0.2) is 0 Å². The van der Waals surface area contributed by atoms with Crippen LogP contribution in [0.2, 0.25) is 0 Å². The summed E-state index contributed by atoms with van der Waals surface area (Å²) in [4.78, 5) is 27.8. The lowest BCUT2D eigenvalue weighted by atomic mass is 10.1. The number of fused-ring (bicyclic) bond motifs is 3. The minimum atomic E-state index is -3.67. The van der Waals surface area contributed by atoms with E-state index in [2.05, 4.69) is 4.98 Å². The Bertz CT molecular complexity index is 1120. The van der Waals surface area contributed by atoms with E-state index < -0.39 is 24.5 Å². The van der Waals surface area contributed by atoms with E-state index in [4.69, 9.17) is 9.05 Å². The molecular formula is C19H23N2O5P. The molecule has 1 atom stereocenters. The van der Waals surface area contributed by atoms with Crippen LogP contribution < -0.4 is 11.1 Å². The van der Waals surface area contributed by atoms with Gasteiger partial charge in [0.25, 0.3) is 0 Å². The summed E-state index contributed by atoms with van der Waals surface area (Å²) >= 11 is 0. The van der Waals surface area contributed by atoms with Gasteiger partial charge in [-0.1, -0.05) is 37.3 Å². The maximum Gasteiger partial charge on any atom is 0.353 e. The largest absolute Gasteiger partial charge is 0.353 e. The minimum Gasteiger partial charge on any atom is -0.316 e. The van der Waals surface area contributed by atoms with Crippen molar-refractivity contribution in [1.29, 1.82) is 0 Å². The molecule has 1 unspecified atom stereocenters. The average Bonchev–Trinajstić information content (AvgIpc) is 2.65. The summed E-state index contributed by atoms with van der Waals surface area (Å²) in [7, 11) is -3.67. The van der Waals surface area contributed by atoms with Gasteiger partial charge in [0.05, 0.1) is 24.2 Å². The summed E-state index contributed by atoms with van der Waals surface area (Å²) in [6, 6.07) is 11.1. The Morgan fingerprint density at radius 1 is 1.04 bits per heavy atom. The smallest absolute Gasteiger partial charge is 0.316 e. The van der Waals surface area contributed by atoms with Gasteiger partial charge >= 0.3 is 18.7 Å². The van der Waals surface area contributed by atoms with Crippen molar-refractivity contribution < 1.29 is 13.6 Å². The maximum absolute atomic E-state index is 13.5. The van der Waals surface area contributed by atoms with Gasteiger partial charge < -0.3 is 14.0 Å². The van der Waals surface area contributed by atoms with Gasteiger partial charge in [-0.3, -0.25) is 18.7 Å². The third kappa shape index (κ3) is 3.38. The first-order valence-electron chi connectivity index (χ1n) is 9.01. The zero-order valence-electron chi connectivity index (χ0n) is 15.6. The van der Waals surface area contributed by atoms with Crippen molar-refractivity contribution in [2.24, 2.45) is 0 Å². The van der Waals surface area contributed by atoms with E-state index in [0.29, 0.717) is 17.5 Å². The highest BCUT2D eigenvalue weighted by Crippen LogP contribution is 2.60. The highest BCUT2D eigenvalue weighted by molar-refractivity contribution is 7.54. The van der Waals surface area contributed by atoms with Gasteiger partial charge in [-0.2, -0.15) is 0 Å². The van der Waals surface area contributed by atoms with Gasteiger partial charge in [-0.15, -0.1) is 0 Å². The molecule has 0 amide bonds. The second-order valence-electron chi connectivity index (χ2n) is 6.08. The fraction of sp³-hybridized carbons (Fsp3) is 0.368. The Morgan fingerprint density at radius 2 is 1.70 bits per heavy atom. The number of aromatic amines is 1. The molecule has 7 nitrogen and oxygen atoms in total. The third-order valence-corrected chi connectivity index (χ3v) is 7.01. The quantitative estimate of drug-likeness (QED) is 0.374. The number of nitrogens with one attached hydrogen (secondary N) is 1. The molecule has 0 saturated carbocycles. The molecule has 2 aromatic carbocycles. The number of H-pyrrole nitrogens is 1. The number of hydrogen-bond donors (Lipinski definition) is 1. The predicted octanol–water partition coefficient (Wildman–Crippen LogP) is 4.02. The summed E-state index contributed by atoms with van der Waals surface area (Å²) in [5.74, 6) is -0.902. The molecule has 3 rings (SSSR count). The SMILES string of the molecule is CCOP(=O)(OCC)C(CC)n1c(=O)c(=O)[nH]c2ccc3ccccc3c21. The first-order valence-corrected chi connectivity index (χ1v) is 10.6. The Morgan fingerprint density at radius 3 is 2.33 bits per heavy atom. The zero-order chi connectivity index (χ0) is 19.6. The van der Waals surface area contributed by atoms with Crippen LogP contribution in [0, 0.1) is 0 Å². The zero-order valence-corrected chi connectivity index (χ0v) is 16.5. The second kappa shape index (κ2) is 7.80. The highest BCUT2D eigenvalue weighted by atomic mass is 31.2. The summed E-state index contributed by atoms with van der Waals surface area (Å²) in [5.41, 5.74) is -0.526. The molecule has 0 bridgehead atoms. The molecule has 8 heteroatoms. The Balaban J connectivity index is 2.46. The van der Waals surface area contributed by atoms with Crippen LogP contribution in [0.3, 0.4) is 0 Å². The van der Waals surface area contributed by atoms with Gasteiger partial charge in [-0.25, -0.2) is 0 Å². The summed E-state index contributed by atoms with van der Waals surface area (Å²) in [5, 5.41) is 1.68. The van der Waals surface area contributed by atoms with Crippen LogP contribution in [-0.2, 0) is 13.6 Å². The average molecular weight is 390 g/mol. The van der Waals surface area contributed by atoms with E-state index in [1.165, 1.54) is 4.57 Å². The van der Waals surface area contributed by atoms with Crippen LogP contribution >= 0.6 is 7.60 Å². The molecule has 1 N–H and O–H groups in total. The summed E-state index contributed by atoms with van der Waals surface area (Å²) < 4.78 is 25.8. The van der Waals surface area contributed by atoms with Crippen LogP contribution in [0.4, 0.5) is 0 Å². The molecule has 0 aliphatic heterocycles. The molecule has 0 radical (unpaired) electrons. The van der Waals surface area contributed by atoms with Crippen molar-refractivity contribution in [2.45, 2.75) is 33.0 Å². The Kier molecular flexibility index (Phi) is 5.65. The molecule has 0 saturated heterocycles. The normalized spacial score (nSPS) is 13.3. The number of benzene rings is 2. The molecule has 0 spiro atoms. The van der Waals surface area contributed by atoms with Crippen LogP contribution in [0.1, 0.15) is 33.0 Å². The molecule has 27 heavy (non-hydrogen) atoms. The third-order valence-electron chi connectivity index (χ3n) is 4.45. The van der Waals surface area contributed by atoms with Crippen molar-refractivity contribution in [3.05, 3.63) is 57.1 Å². The predicted molar refractivity (Wildman–Crippen MR) is 107 cm³/mol. The number of hydrogen-bond acceptors (Lipinski definition) is 5. The van der Waals surface area contributed by atoms with Crippen LogP contribution in [0.5, 0.6) is 0 Å². The monoisotopic (exact) mass is 390 g/mol. The topological polar surface area (TPSA) is 90.4 Å². The molecule has 0 fully saturated rings. The summed E-state index contributed by atoms with van der Waals surface area (Å²) in [6.45, 7) is 5.56. The molecule has 144 valence electrons. The van der Waals surface area contributed by atoms with E-state index in [9.17, 15) is 14.2 Å². The number of rotatable bonds is 7. The van der Waals surface area contributed by atoms with Gasteiger partial charge in [-0.05, 0) is 31.7 Å². The molecule has 0 aliphatic carbocycles. The van der Waals surface area contributed by atoms with Crippen LogP contribution in [-0.4, -0.2) is 22.8 Å². The molecule has 0 aliphatic rings. The fourth-order valence-corrected chi connectivity index (χ4v) is 5.49. The van der Waals surface area contributed by atoms with Crippen molar-refractivity contribution in [3.8, 4) is 0 Å². The number of nitrogens with zero attached hydrogens (tertiary/aromatic N) is 1. The van der Waals surface area contributed by atoms with Crippen molar-refractivity contribution >= 4 is 29.4 Å². The van der Waals surface area contributed by atoms with E-state index >= 15 is 0 Å². The lowest BCUT2D eigenvalue weighted by Gasteiger charge is -2.28. The van der Waals surface area contributed by atoms with Gasteiger partial charge in [0.1, 0.15) is 5.78 Å². The molecule has 1 heterocycles. The standard InChI is InChI=1S/C19H23N2O5P/c1-4-16(27(24,25-5-2)26-6-3)21-17-14-10-8-7-9-13(14)11-12-15(17)20-18(22)19(21)23/h7-12,16H,4-6H2,1-3H3,(H,20,22). The van der Waals surface area contributed by atoms with Crippen molar-refractivity contribution in [1.82, 2.24) is 9.55 Å². The van der Waals surface area contributed by atoms with E-state index in [-0.39, 0.29) is 13.2 Å². The van der Waals surface area contributed by atoms with Gasteiger partial charge in [0, 0.05) is 5.39 Å². The second-order valence-corrected chi connectivity index (χ2v) is 8.27. The van der Waals surface area contributed by atoms with Gasteiger partial charge in [0.2, 0.25) is 0 Å². The minimum absolute atomic E-state index is 0.171. The van der Waals surface area contributed by atoms with E-state index in [1.807, 2.05) is 30.3 Å². The number of aromatic nitrogens is 2. The Hall–Kier alpha value is -2.21. The lowest BCUT2D eigenvalue weighted by Crippen LogP contribution is -2.38. The molecule has 1 aromatic heterocycles. The molecule has 3 aromatic rings. The van der Waals surface area contributed by atoms with E-state index in [0.717, 1.165) is 10.8 Å². The Labute approximate surface area is 156 Å².